The molecule has 0 spiro atoms. The van der Waals surface area contributed by atoms with Crippen LogP contribution in [0.4, 0.5) is 5.69 Å². The fourth-order valence-corrected chi connectivity index (χ4v) is 5.26. The molecule has 2 unspecified atom stereocenters. The number of aromatic nitrogens is 1. The maximum absolute atomic E-state index is 12.7. The number of nitrogens with one attached hydrogen (secondary N) is 3. The van der Waals surface area contributed by atoms with E-state index in [-0.39, 0.29) is 23.5 Å². The summed E-state index contributed by atoms with van der Waals surface area (Å²) in [7, 11) is 0. The zero-order chi connectivity index (χ0) is 21.8. The third-order valence-electron chi connectivity index (χ3n) is 6.45. The molecule has 7 nitrogen and oxygen atoms in total. The maximum Gasteiger partial charge on any atom is 0.282 e. The SMILES string of the molecule is O=C(N=Nc1c(O)[nH]c2ccc(Br)cc12)C1CC(c2ccc3c4c(cccc24)CC3)NN1. The maximum atomic E-state index is 12.7. The van der Waals surface area contributed by atoms with E-state index in [4.69, 9.17) is 0 Å². The molecule has 2 aliphatic rings. The van der Waals surface area contributed by atoms with Crippen molar-refractivity contribution in [1.29, 1.82) is 0 Å². The number of aryl methyl sites for hydroxylation is 2. The van der Waals surface area contributed by atoms with Gasteiger partial charge in [0.25, 0.3) is 5.91 Å². The predicted molar refractivity (Wildman–Crippen MR) is 126 cm³/mol. The van der Waals surface area contributed by atoms with E-state index < -0.39 is 6.04 Å². The summed E-state index contributed by atoms with van der Waals surface area (Å²) in [6.07, 6.45) is 2.75. The number of hydrogen-bond donors (Lipinski definition) is 4. The number of halogens is 1. The van der Waals surface area contributed by atoms with E-state index in [1.165, 1.54) is 27.5 Å². The monoisotopic (exact) mass is 489 g/mol. The first-order chi connectivity index (χ1) is 15.6. The Morgan fingerprint density at radius 1 is 1.03 bits per heavy atom. The molecule has 1 aromatic heterocycles. The minimum atomic E-state index is -0.495. The molecule has 1 aliphatic carbocycles. The normalized spacial score (nSPS) is 20.2. The minimum absolute atomic E-state index is 0.00139. The van der Waals surface area contributed by atoms with Crippen molar-refractivity contribution >= 4 is 49.2 Å². The summed E-state index contributed by atoms with van der Waals surface area (Å²) in [5.74, 6) is -0.493. The summed E-state index contributed by atoms with van der Waals surface area (Å²) in [4.78, 5) is 15.6. The molecule has 0 bridgehead atoms. The van der Waals surface area contributed by atoms with E-state index in [2.05, 4.69) is 72.3 Å². The first-order valence-electron chi connectivity index (χ1n) is 10.6. The molecule has 1 saturated heterocycles. The number of azo groups is 1. The van der Waals surface area contributed by atoms with Gasteiger partial charge >= 0.3 is 0 Å². The summed E-state index contributed by atoms with van der Waals surface area (Å²) >= 11 is 3.42. The Balaban J connectivity index is 1.24. The lowest BCUT2D eigenvalue weighted by atomic mass is 9.93. The Bertz CT molecular complexity index is 1420. The van der Waals surface area contributed by atoms with Gasteiger partial charge in [0.1, 0.15) is 6.04 Å². The number of carbonyl (C=O) groups excluding carboxylic acids is 1. The first-order valence-corrected chi connectivity index (χ1v) is 11.4. The zero-order valence-corrected chi connectivity index (χ0v) is 18.6. The van der Waals surface area contributed by atoms with Crippen LogP contribution in [0.25, 0.3) is 21.7 Å². The van der Waals surface area contributed by atoms with Crippen LogP contribution >= 0.6 is 15.9 Å². The average Bonchev–Trinajstić information content (AvgIpc) is 3.51. The number of hydrazine groups is 1. The van der Waals surface area contributed by atoms with Gasteiger partial charge in [0.15, 0.2) is 5.69 Å². The van der Waals surface area contributed by atoms with Crippen LogP contribution in [0, 0.1) is 0 Å². The summed E-state index contributed by atoms with van der Waals surface area (Å²) in [5.41, 5.74) is 11.3. The van der Waals surface area contributed by atoms with Gasteiger partial charge < -0.3 is 10.1 Å². The van der Waals surface area contributed by atoms with Gasteiger partial charge in [0.2, 0.25) is 5.88 Å². The molecule has 0 radical (unpaired) electrons. The molecule has 4 N–H and O–H groups in total. The van der Waals surface area contributed by atoms with E-state index in [1.807, 2.05) is 18.2 Å². The van der Waals surface area contributed by atoms with Crippen molar-refractivity contribution in [3.05, 3.63) is 69.7 Å². The standard InChI is InChI=1S/C24H20BrN5O2/c25-14-7-9-18-17(10-14)22(24(32)26-18)29-30-23(31)20-11-19(27-28-20)15-8-6-13-5-4-12-2-1-3-16(15)21(12)13/h1-3,6-10,19-20,26-28,32H,4-5,11H2. The van der Waals surface area contributed by atoms with Gasteiger partial charge in [0, 0.05) is 15.9 Å². The molecule has 2 heterocycles. The third-order valence-corrected chi connectivity index (χ3v) is 6.94. The van der Waals surface area contributed by atoms with Crippen LogP contribution in [0.5, 0.6) is 5.88 Å². The molecule has 1 aliphatic heterocycles. The highest BCUT2D eigenvalue weighted by molar-refractivity contribution is 9.10. The molecule has 3 aromatic carbocycles. The quantitative estimate of drug-likeness (QED) is 0.300. The Hall–Kier alpha value is -3.07. The van der Waals surface area contributed by atoms with Crippen molar-refractivity contribution in [3.8, 4) is 5.88 Å². The smallest absolute Gasteiger partial charge is 0.282 e. The fraction of sp³-hybridized carbons (Fsp3) is 0.208. The van der Waals surface area contributed by atoms with Gasteiger partial charge in [-0.1, -0.05) is 46.3 Å². The molecule has 1 fully saturated rings. The van der Waals surface area contributed by atoms with Crippen LogP contribution in [0.3, 0.4) is 0 Å². The Morgan fingerprint density at radius 3 is 2.75 bits per heavy atom. The van der Waals surface area contributed by atoms with Crippen molar-refractivity contribution in [3.63, 3.8) is 0 Å². The van der Waals surface area contributed by atoms with E-state index in [1.54, 1.807) is 0 Å². The summed E-state index contributed by atoms with van der Waals surface area (Å²) < 4.78 is 0.849. The van der Waals surface area contributed by atoms with Crippen LogP contribution in [-0.2, 0) is 17.6 Å². The van der Waals surface area contributed by atoms with Crippen LogP contribution in [0.1, 0.15) is 29.2 Å². The first kappa shape index (κ1) is 19.6. The highest BCUT2D eigenvalue weighted by atomic mass is 79.9. The topological polar surface area (TPSA) is 102 Å². The molecule has 0 saturated carbocycles. The summed E-state index contributed by atoms with van der Waals surface area (Å²) in [6, 6.07) is 15.9. The number of fused-ring (bicyclic) bond motifs is 1. The number of benzene rings is 3. The van der Waals surface area contributed by atoms with Crippen LogP contribution in [-0.4, -0.2) is 22.0 Å². The summed E-state index contributed by atoms with van der Waals surface area (Å²) in [6.45, 7) is 0. The lowest BCUT2D eigenvalue weighted by Crippen LogP contribution is -2.35. The van der Waals surface area contributed by atoms with Crippen LogP contribution in [0.15, 0.2) is 63.2 Å². The number of aromatic hydroxyl groups is 1. The van der Waals surface area contributed by atoms with E-state index in [0.29, 0.717) is 11.8 Å². The van der Waals surface area contributed by atoms with Gasteiger partial charge in [-0.15, -0.1) is 10.2 Å². The lowest BCUT2D eigenvalue weighted by Gasteiger charge is -2.14. The Labute approximate surface area is 192 Å². The summed E-state index contributed by atoms with van der Waals surface area (Å²) in [5, 5.41) is 21.5. The molecular weight excluding hydrogens is 470 g/mol. The van der Waals surface area contributed by atoms with Gasteiger partial charge in [-0.3, -0.25) is 4.79 Å². The van der Waals surface area contributed by atoms with Crippen molar-refractivity contribution in [1.82, 2.24) is 15.8 Å². The highest BCUT2D eigenvalue weighted by Gasteiger charge is 2.32. The second-order valence-corrected chi connectivity index (χ2v) is 9.25. The minimum Gasteiger partial charge on any atom is -0.493 e. The lowest BCUT2D eigenvalue weighted by molar-refractivity contribution is -0.120. The second kappa shape index (κ2) is 7.51. The largest absolute Gasteiger partial charge is 0.493 e. The number of carbonyl (C=O) groups is 1. The molecule has 4 aromatic rings. The predicted octanol–water partition coefficient (Wildman–Crippen LogP) is 5.11. The number of nitrogens with zero attached hydrogens (tertiary/aromatic N) is 2. The molecular formula is C24H20BrN5O2. The van der Waals surface area contributed by atoms with Gasteiger partial charge in [-0.05, 0) is 64.9 Å². The Morgan fingerprint density at radius 2 is 1.88 bits per heavy atom. The van der Waals surface area contributed by atoms with Crippen LogP contribution in [0.2, 0.25) is 0 Å². The number of rotatable bonds is 3. The van der Waals surface area contributed by atoms with Crippen molar-refractivity contribution in [2.75, 3.05) is 0 Å². The second-order valence-electron chi connectivity index (χ2n) is 8.33. The molecule has 6 rings (SSSR count). The van der Waals surface area contributed by atoms with E-state index in [0.717, 1.165) is 22.8 Å². The third kappa shape index (κ3) is 3.14. The van der Waals surface area contributed by atoms with Gasteiger partial charge in [-0.25, -0.2) is 10.9 Å². The molecule has 160 valence electrons. The molecule has 1 amide bonds. The molecule has 2 atom stereocenters. The van der Waals surface area contributed by atoms with Crippen molar-refractivity contribution in [2.24, 2.45) is 10.2 Å². The number of aromatic amines is 1. The number of amides is 1. The van der Waals surface area contributed by atoms with Gasteiger partial charge in [0.05, 0.1) is 5.52 Å². The highest BCUT2D eigenvalue weighted by Crippen LogP contribution is 2.38. The zero-order valence-electron chi connectivity index (χ0n) is 17.0. The van der Waals surface area contributed by atoms with Crippen molar-refractivity contribution in [2.45, 2.75) is 31.3 Å². The average molecular weight is 490 g/mol. The van der Waals surface area contributed by atoms with Gasteiger partial charge in [-0.2, -0.15) is 0 Å². The molecule has 8 heteroatoms. The van der Waals surface area contributed by atoms with Crippen LogP contribution < -0.4 is 10.9 Å². The van der Waals surface area contributed by atoms with E-state index >= 15 is 0 Å². The van der Waals surface area contributed by atoms with Crippen molar-refractivity contribution < 1.29 is 9.90 Å². The van der Waals surface area contributed by atoms with E-state index in [9.17, 15) is 9.90 Å². The Kier molecular flexibility index (Phi) is 4.60. The number of H-pyrrole nitrogens is 1. The fourth-order valence-electron chi connectivity index (χ4n) is 4.90. The number of hydrogen-bond acceptors (Lipinski definition) is 5. The molecule has 32 heavy (non-hydrogen) atoms.